The zero-order valence-electron chi connectivity index (χ0n) is 8.96. The zero-order chi connectivity index (χ0) is 11.6. The second kappa shape index (κ2) is 7.40. The van der Waals surface area contributed by atoms with Crippen molar-refractivity contribution in [3.63, 3.8) is 0 Å². The molecule has 0 saturated heterocycles. The molecule has 0 aliphatic carbocycles. The topological polar surface area (TPSA) is 43.4 Å². The van der Waals surface area contributed by atoms with Crippen molar-refractivity contribution >= 4 is 12.3 Å². The van der Waals surface area contributed by atoms with Gasteiger partial charge in [-0.25, -0.2) is 4.79 Å². The normalized spacial score (nSPS) is 10.2. The molecule has 0 atom stereocenters. The Morgan fingerprint density at radius 1 is 1.25 bits per heavy atom. The monoisotopic (exact) mass is 218 g/mol. The molecule has 16 heavy (non-hydrogen) atoms. The van der Waals surface area contributed by atoms with Crippen LogP contribution in [0.5, 0.6) is 0 Å². The summed E-state index contributed by atoms with van der Waals surface area (Å²) in [5.41, 5.74) is 0.561. The summed E-state index contributed by atoms with van der Waals surface area (Å²) >= 11 is 0. The Bertz CT molecular complexity index is 355. The van der Waals surface area contributed by atoms with Gasteiger partial charge in [0.05, 0.1) is 12.2 Å². The molecule has 0 saturated carbocycles. The van der Waals surface area contributed by atoms with E-state index in [0.717, 1.165) is 19.1 Å². The first-order chi connectivity index (χ1) is 7.84. The number of carbonyl (C=O) groups is 2. The number of unbranched alkanes of at least 4 members (excludes halogenated alkanes) is 1. The lowest BCUT2D eigenvalue weighted by Crippen LogP contribution is -2.05. The highest BCUT2D eigenvalue weighted by Gasteiger charge is 2.04. The number of benzene rings is 1. The minimum atomic E-state index is -0.306. The molecular weight excluding hydrogens is 204 g/mol. The SMILES string of the molecule is O=C/C=C\CCCOC(=O)c1ccccc1. The van der Waals surface area contributed by atoms with Crippen LogP contribution in [-0.4, -0.2) is 18.9 Å². The number of rotatable bonds is 6. The molecule has 3 nitrogen and oxygen atoms in total. The van der Waals surface area contributed by atoms with Crippen molar-refractivity contribution in [3.8, 4) is 0 Å². The van der Waals surface area contributed by atoms with E-state index >= 15 is 0 Å². The quantitative estimate of drug-likeness (QED) is 0.318. The minimum Gasteiger partial charge on any atom is -0.462 e. The molecule has 0 spiro atoms. The van der Waals surface area contributed by atoms with Crippen molar-refractivity contribution < 1.29 is 14.3 Å². The summed E-state index contributed by atoms with van der Waals surface area (Å²) in [4.78, 5) is 21.4. The Balaban J connectivity index is 2.21. The maximum absolute atomic E-state index is 11.4. The first-order valence-electron chi connectivity index (χ1n) is 5.17. The van der Waals surface area contributed by atoms with Crippen LogP contribution in [0.2, 0.25) is 0 Å². The van der Waals surface area contributed by atoms with Crippen molar-refractivity contribution in [1.29, 1.82) is 0 Å². The number of aldehydes is 1. The molecule has 0 bridgehead atoms. The molecule has 0 unspecified atom stereocenters. The maximum Gasteiger partial charge on any atom is 0.338 e. The van der Waals surface area contributed by atoms with Crippen LogP contribution in [0.3, 0.4) is 0 Å². The van der Waals surface area contributed by atoms with Gasteiger partial charge in [0.2, 0.25) is 0 Å². The van der Waals surface area contributed by atoms with E-state index in [2.05, 4.69) is 0 Å². The van der Waals surface area contributed by atoms with Gasteiger partial charge in [0, 0.05) is 0 Å². The summed E-state index contributed by atoms with van der Waals surface area (Å²) in [7, 11) is 0. The van der Waals surface area contributed by atoms with Crippen molar-refractivity contribution in [1.82, 2.24) is 0 Å². The summed E-state index contributed by atoms with van der Waals surface area (Å²) in [5.74, 6) is -0.306. The Hall–Kier alpha value is -1.90. The number of hydrogen-bond donors (Lipinski definition) is 0. The van der Waals surface area contributed by atoms with E-state index in [1.165, 1.54) is 6.08 Å². The van der Waals surface area contributed by atoms with Gasteiger partial charge in [-0.3, -0.25) is 4.79 Å². The van der Waals surface area contributed by atoms with Gasteiger partial charge in [-0.15, -0.1) is 0 Å². The summed E-state index contributed by atoms with van der Waals surface area (Å²) in [6.07, 6.45) is 5.39. The predicted molar refractivity (Wildman–Crippen MR) is 61.2 cm³/mol. The van der Waals surface area contributed by atoms with Gasteiger partial charge in [-0.2, -0.15) is 0 Å². The van der Waals surface area contributed by atoms with Gasteiger partial charge >= 0.3 is 5.97 Å². The molecule has 0 aromatic heterocycles. The summed E-state index contributed by atoms with van der Waals surface area (Å²) in [6.45, 7) is 0.372. The largest absolute Gasteiger partial charge is 0.462 e. The molecule has 0 aliphatic heterocycles. The van der Waals surface area contributed by atoms with Crippen LogP contribution < -0.4 is 0 Å². The number of ether oxygens (including phenoxy) is 1. The second-order valence-electron chi connectivity index (χ2n) is 3.21. The highest BCUT2D eigenvalue weighted by Crippen LogP contribution is 2.02. The first kappa shape index (κ1) is 12.2. The fourth-order valence-corrected chi connectivity index (χ4v) is 1.18. The molecule has 1 aromatic carbocycles. The first-order valence-corrected chi connectivity index (χ1v) is 5.17. The average molecular weight is 218 g/mol. The molecule has 1 aromatic rings. The lowest BCUT2D eigenvalue weighted by molar-refractivity contribution is -0.104. The molecule has 0 fully saturated rings. The zero-order valence-corrected chi connectivity index (χ0v) is 8.96. The van der Waals surface area contributed by atoms with Crippen molar-refractivity contribution in [3.05, 3.63) is 48.0 Å². The van der Waals surface area contributed by atoms with E-state index in [9.17, 15) is 9.59 Å². The number of hydrogen-bond acceptors (Lipinski definition) is 3. The highest BCUT2D eigenvalue weighted by atomic mass is 16.5. The Morgan fingerprint density at radius 3 is 2.69 bits per heavy atom. The smallest absolute Gasteiger partial charge is 0.338 e. The van der Waals surface area contributed by atoms with Crippen LogP contribution in [0.15, 0.2) is 42.5 Å². The number of esters is 1. The van der Waals surface area contributed by atoms with Crippen LogP contribution in [-0.2, 0) is 9.53 Å². The standard InChI is InChI=1S/C13H14O3/c14-10-6-1-2-7-11-16-13(15)12-8-4-3-5-9-12/h1,3-6,8-10H,2,7,11H2/b6-1-. The lowest BCUT2D eigenvalue weighted by Gasteiger charge is -2.02. The summed E-state index contributed by atoms with van der Waals surface area (Å²) < 4.78 is 5.05. The van der Waals surface area contributed by atoms with Crippen molar-refractivity contribution in [2.75, 3.05) is 6.61 Å². The van der Waals surface area contributed by atoms with Crippen LogP contribution in [0.4, 0.5) is 0 Å². The highest BCUT2D eigenvalue weighted by molar-refractivity contribution is 5.89. The fourth-order valence-electron chi connectivity index (χ4n) is 1.18. The van der Waals surface area contributed by atoms with E-state index in [4.69, 9.17) is 4.74 Å². The van der Waals surface area contributed by atoms with E-state index < -0.39 is 0 Å². The van der Waals surface area contributed by atoms with Gasteiger partial charge < -0.3 is 4.74 Å². The molecule has 3 heteroatoms. The van der Waals surface area contributed by atoms with Gasteiger partial charge in [0.15, 0.2) is 0 Å². The second-order valence-corrected chi connectivity index (χ2v) is 3.21. The predicted octanol–water partition coefficient (Wildman–Crippen LogP) is 2.38. The van der Waals surface area contributed by atoms with Gasteiger partial charge in [-0.1, -0.05) is 24.3 Å². The Labute approximate surface area is 94.7 Å². The molecule has 84 valence electrons. The van der Waals surface area contributed by atoms with E-state index in [-0.39, 0.29) is 5.97 Å². The van der Waals surface area contributed by atoms with Gasteiger partial charge in [0.25, 0.3) is 0 Å². The molecule has 0 heterocycles. The average Bonchev–Trinajstić information content (AvgIpc) is 2.34. The van der Waals surface area contributed by atoms with E-state index in [0.29, 0.717) is 12.2 Å². The van der Waals surface area contributed by atoms with Crippen molar-refractivity contribution in [2.45, 2.75) is 12.8 Å². The van der Waals surface area contributed by atoms with Crippen LogP contribution in [0.25, 0.3) is 0 Å². The third kappa shape index (κ3) is 4.55. The molecule has 0 aliphatic rings. The fraction of sp³-hybridized carbons (Fsp3) is 0.231. The van der Waals surface area contributed by atoms with Crippen LogP contribution in [0, 0.1) is 0 Å². The van der Waals surface area contributed by atoms with Gasteiger partial charge in [0.1, 0.15) is 6.29 Å². The van der Waals surface area contributed by atoms with Crippen LogP contribution in [0.1, 0.15) is 23.2 Å². The Kier molecular flexibility index (Phi) is 5.63. The number of carbonyl (C=O) groups excluding carboxylic acids is 2. The summed E-state index contributed by atoms with van der Waals surface area (Å²) in [5, 5.41) is 0. The molecular formula is C13H14O3. The van der Waals surface area contributed by atoms with Crippen LogP contribution >= 0.6 is 0 Å². The lowest BCUT2D eigenvalue weighted by atomic mass is 10.2. The number of allylic oxidation sites excluding steroid dienone is 2. The molecule has 0 amide bonds. The van der Waals surface area contributed by atoms with E-state index in [1.54, 1.807) is 30.3 Å². The Morgan fingerprint density at radius 2 is 2.00 bits per heavy atom. The van der Waals surface area contributed by atoms with E-state index in [1.807, 2.05) is 6.07 Å². The minimum absolute atomic E-state index is 0.306. The molecule has 0 N–H and O–H groups in total. The summed E-state index contributed by atoms with van der Waals surface area (Å²) in [6, 6.07) is 8.87. The third-order valence-electron chi connectivity index (χ3n) is 1.97. The third-order valence-corrected chi connectivity index (χ3v) is 1.97. The molecule has 0 radical (unpaired) electrons. The van der Waals surface area contributed by atoms with Gasteiger partial charge in [-0.05, 0) is 31.1 Å². The van der Waals surface area contributed by atoms with Crippen molar-refractivity contribution in [2.24, 2.45) is 0 Å². The maximum atomic E-state index is 11.4. The molecule has 1 rings (SSSR count).